The molecule has 2 saturated heterocycles. The Labute approximate surface area is 144 Å². The number of para-hydroxylation sites is 1. The summed E-state index contributed by atoms with van der Waals surface area (Å²) in [5.74, 6) is -0.267. The summed E-state index contributed by atoms with van der Waals surface area (Å²) in [6.07, 6.45) is 3.20. The van der Waals surface area contributed by atoms with Crippen LogP contribution in [0.3, 0.4) is 0 Å². The Balaban J connectivity index is 1.59. The number of amides is 3. The van der Waals surface area contributed by atoms with Crippen LogP contribution in [0.25, 0.3) is 10.9 Å². The Morgan fingerprint density at radius 3 is 2.80 bits per heavy atom. The number of piperidine rings is 1. The molecule has 0 spiro atoms. The number of aromatic amines is 1. The van der Waals surface area contributed by atoms with Crippen LogP contribution in [-0.4, -0.2) is 58.9 Å². The summed E-state index contributed by atoms with van der Waals surface area (Å²) in [4.78, 5) is 44.0. The number of H-pyrrole nitrogens is 1. The molecule has 0 radical (unpaired) electrons. The predicted octanol–water partition coefficient (Wildman–Crippen LogP) is 1.16. The maximum absolute atomic E-state index is 12.9. The number of pyridine rings is 1. The Kier molecular flexibility index (Phi) is 3.91. The van der Waals surface area contributed by atoms with Crippen LogP contribution in [0.2, 0.25) is 0 Å². The maximum Gasteiger partial charge on any atom is 0.317 e. The highest BCUT2D eigenvalue weighted by Crippen LogP contribution is 2.19. The molecule has 1 unspecified atom stereocenters. The minimum Gasteiger partial charge on any atom is -0.360 e. The van der Waals surface area contributed by atoms with Crippen molar-refractivity contribution in [1.82, 2.24) is 20.1 Å². The van der Waals surface area contributed by atoms with E-state index in [0.29, 0.717) is 37.1 Å². The van der Waals surface area contributed by atoms with Gasteiger partial charge in [-0.2, -0.15) is 0 Å². The van der Waals surface area contributed by atoms with Crippen molar-refractivity contribution in [2.75, 3.05) is 26.2 Å². The zero-order valence-corrected chi connectivity index (χ0v) is 13.8. The molecule has 2 N–H and O–H groups in total. The molecule has 130 valence electrons. The zero-order chi connectivity index (χ0) is 17.4. The standard InChI is InChI=1S/C18H20N4O3/c23-16-13-5-1-2-6-15(13)20-10-14(16)17(24)21-8-3-4-12(11-21)22-9-7-19-18(22)25/h1-2,5-6,10,12H,3-4,7-9,11H2,(H,19,25)(H,20,23). The molecule has 2 aliphatic heterocycles. The van der Waals surface area contributed by atoms with Gasteiger partial charge in [0, 0.05) is 43.3 Å². The normalized spacial score (nSPS) is 20.8. The van der Waals surface area contributed by atoms with Gasteiger partial charge in [-0.05, 0) is 25.0 Å². The summed E-state index contributed by atoms with van der Waals surface area (Å²) in [5, 5.41) is 3.32. The first kappa shape index (κ1) is 15.7. The van der Waals surface area contributed by atoms with Gasteiger partial charge in [-0.15, -0.1) is 0 Å². The average molecular weight is 340 g/mol. The van der Waals surface area contributed by atoms with Gasteiger partial charge in [-0.25, -0.2) is 4.79 Å². The van der Waals surface area contributed by atoms with Crippen molar-refractivity contribution < 1.29 is 9.59 Å². The van der Waals surface area contributed by atoms with Gasteiger partial charge in [-0.1, -0.05) is 12.1 Å². The number of carbonyl (C=O) groups excluding carboxylic acids is 2. The molecular weight excluding hydrogens is 320 g/mol. The van der Waals surface area contributed by atoms with Crippen molar-refractivity contribution >= 4 is 22.8 Å². The van der Waals surface area contributed by atoms with E-state index in [0.717, 1.165) is 12.8 Å². The summed E-state index contributed by atoms with van der Waals surface area (Å²) < 4.78 is 0. The molecule has 0 bridgehead atoms. The number of rotatable bonds is 2. The fourth-order valence-electron chi connectivity index (χ4n) is 3.73. The lowest BCUT2D eigenvalue weighted by atomic mass is 10.0. The number of nitrogens with zero attached hydrogens (tertiary/aromatic N) is 2. The molecule has 7 heteroatoms. The van der Waals surface area contributed by atoms with E-state index in [2.05, 4.69) is 10.3 Å². The largest absolute Gasteiger partial charge is 0.360 e. The Morgan fingerprint density at radius 2 is 2.00 bits per heavy atom. The first-order valence-corrected chi connectivity index (χ1v) is 8.59. The molecule has 0 aliphatic carbocycles. The van der Waals surface area contributed by atoms with Crippen molar-refractivity contribution in [2.24, 2.45) is 0 Å². The second-order valence-electron chi connectivity index (χ2n) is 6.55. The summed E-state index contributed by atoms with van der Waals surface area (Å²) in [6.45, 7) is 2.39. The molecule has 3 heterocycles. The first-order chi connectivity index (χ1) is 12.1. The van der Waals surface area contributed by atoms with Crippen molar-refractivity contribution in [3.63, 3.8) is 0 Å². The quantitative estimate of drug-likeness (QED) is 0.860. The van der Waals surface area contributed by atoms with Gasteiger partial charge in [0.1, 0.15) is 5.56 Å². The lowest BCUT2D eigenvalue weighted by Crippen LogP contribution is -2.51. The first-order valence-electron chi connectivity index (χ1n) is 8.59. The van der Waals surface area contributed by atoms with E-state index < -0.39 is 0 Å². The van der Waals surface area contributed by atoms with Crippen molar-refractivity contribution in [3.05, 3.63) is 46.2 Å². The van der Waals surface area contributed by atoms with E-state index in [4.69, 9.17) is 0 Å². The number of urea groups is 1. The average Bonchev–Trinajstić information content (AvgIpc) is 3.08. The van der Waals surface area contributed by atoms with E-state index in [9.17, 15) is 14.4 Å². The zero-order valence-electron chi connectivity index (χ0n) is 13.8. The topological polar surface area (TPSA) is 85.5 Å². The second-order valence-corrected chi connectivity index (χ2v) is 6.55. The van der Waals surface area contributed by atoms with E-state index in [1.807, 2.05) is 12.1 Å². The Morgan fingerprint density at radius 1 is 1.16 bits per heavy atom. The smallest absolute Gasteiger partial charge is 0.317 e. The van der Waals surface area contributed by atoms with Gasteiger partial charge < -0.3 is 20.1 Å². The molecule has 2 fully saturated rings. The number of nitrogens with one attached hydrogen (secondary N) is 2. The van der Waals surface area contributed by atoms with Crippen LogP contribution in [0.1, 0.15) is 23.2 Å². The number of benzene rings is 1. The number of aromatic nitrogens is 1. The number of hydrogen-bond donors (Lipinski definition) is 2. The number of likely N-dealkylation sites (tertiary alicyclic amines) is 1. The van der Waals surface area contributed by atoms with Crippen LogP contribution in [0, 0.1) is 0 Å². The van der Waals surface area contributed by atoms with E-state index in [-0.39, 0.29) is 29.0 Å². The van der Waals surface area contributed by atoms with Gasteiger partial charge in [0.2, 0.25) is 5.43 Å². The highest BCUT2D eigenvalue weighted by atomic mass is 16.2. The number of hydrogen-bond acceptors (Lipinski definition) is 3. The Bertz CT molecular complexity index is 891. The fraction of sp³-hybridized carbons (Fsp3) is 0.389. The van der Waals surface area contributed by atoms with E-state index in [1.165, 1.54) is 6.20 Å². The molecular formula is C18H20N4O3. The summed E-state index contributed by atoms with van der Waals surface area (Å²) >= 11 is 0. The second kappa shape index (κ2) is 6.23. The fourth-order valence-corrected chi connectivity index (χ4v) is 3.73. The van der Waals surface area contributed by atoms with Gasteiger partial charge in [-0.3, -0.25) is 9.59 Å². The van der Waals surface area contributed by atoms with E-state index in [1.54, 1.807) is 21.9 Å². The minimum atomic E-state index is -0.267. The van der Waals surface area contributed by atoms with Crippen molar-refractivity contribution in [2.45, 2.75) is 18.9 Å². The lowest BCUT2D eigenvalue weighted by molar-refractivity contribution is 0.0633. The minimum absolute atomic E-state index is 0.0136. The third kappa shape index (κ3) is 2.75. The van der Waals surface area contributed by atoms with Crippen LogP contribution in [0.5, 0.6) is 0 Å². The SMILES string of the molecule is O=C(c1c[nH]c2ccccc2c1=O)N1CCCC(N2CCNC2=O)C1. The molecule has 4 rings (SSSR count). The third-order valence-corrected chi connectivity index (χ3v) is 5.03. The molecule has 1 atom stereocenters. The van der Waals surface area contributed by atoms with Crippen LogP contribution in [0.15, 0.2) is 35.3 Å². The Hall–Kier alpha value is -2.83. The van der Waals surface area contributed by atoms with Crippen LogP contribution < -0.4 is 10.7 Å². The van der Waals surface area contributed by atoms with Crippen molar-refractivity contribution in [1.29, 1.82) is 0 Å². The van der Waals surface area contributed by atoms with Gasteiger partial charge in [0.25, 0.3) is 5.91 Å². The maximum atomic E-state index is 12.9. The summed E-state index contributed by atoms with van der Waals surface area (Å²) in [5.41, 5.74) is 0.625. The van der Waals surface area contributed by atoms with Crippen LogP contribution in [-0.2, 0) is 0 Å². The predicted molar refractivity (Wildman–Crippen MR) is 93.6 cm³/mol. The van der Waals surface area contributed by atoms with Crippen LogP contribution in [0.4, 0.5) is 4.79 Å². The molecule has 2 aromatic rings. The van der Waals surface area contributed by atoms with Gasteiger partial charge in [0.15, 0.2) is 0 Å². The molecule has 0 saturated carbocycles. The molecule has 1 aromatic heterocycles. The number of carbonyl (C=O) groups is 2. The molecule has 1 aromatic carbocycles. The highest BCUT2D eigenvalue weighted by molar-refractivity contribution is 5.97. The third-order valence-electron chi connectivity index (χ3n) is 5.03. The summed E-state index contributed by atoms with van der Waals surface area (Å²) in [6, 6.07) is 7.11. The molecule has 7 nitrogen and oxygen atoms in total. The monoisotopic (exact) mass is 340 g/mol. The highest BCUT2D eigenvalue weighted by Gasteiger charge is 2.33. The molecule has 25 heavy (non-hydrogen) atoms. The van der Waals surface area contributed by atoms with Gasteiger partial charge in [0.05, 0.1) is 6.04 Å². The molecule has 2 aliphatic rings. The van der Waals surface area contributed by atoms with Crippen molar-refractivity contribution in [3.8, 4) is 0 Å². The molecule has 3 amide bonds. The lowest BCUT2D eigenvalue weighted by Gasteiger charge is -2.37. The van der Waals surface area contributed by atoms with E-state index >= 15 is 0 Å². The summed E-state index contributed by atoms with van der Waals surface area (Å²) in [7, 11) is 0. The van der Waals surface area contributed by atoms with Gasteiger partial charge >= 0.3 is 6.03 Å². The number of fused-ring (bicyclic) bond motifs is 1. The van der Waals surface area contributed by atoms with Crippen LogP contribution >= 0.6 is 0 Å².